The summed E-state index contributed by atoms with van der Waals surface area (Å²) in [5.41, 5.74) is 3.41. The molecule has 1 aromatic carbocycles. The fraction of sp³-hybridized carbons (Fsp3) is 0.480. The third-order valence-corrected chi connectivity index (χ3v) is 5.19. The quantitative estimate of drug-likeness (QED) is 0.720. The molecule has 156 valence electrons. The molecule has 0 radical (unpaired) electrons. The Hall–Kier alpha value is -2.33. The molecule has 1 aromatic rings. The molecular weight excluding hydrogens is 360 g/mol. The molecular formula is C25H34N2O2. The lowest BCUT2D eigenvalue weighted by Gasteiger charge is -2.32. The molecule has 3 rings (SSSR count). The Bertz CT molecular complexity index is 761. The molecule has 0 bridgehead atoms. The first-order chi connectivity index (χ1) is 13.9. The highest BCUT2D eigenvalue weighted by Gasteiger charge is 2.23. The van der Waals surface area contributed by atoms with Crippen LogP contribution in [0.3, 0.4) is 0 Å². The molecule has 0 aromatic heterocycles. The summed E-state index contributed by atoms with van der Waals surface area (Å²) >= 11 is 0. The summed E-state index contributed by atoms with van der Waals surface area (Å²) in [5.74, 6) is 0. The van der Waals surface area contributed by atoms with Gasteiger partial charge in [-0.15, -0.1) is 0 Å². The van der Waals surface area contributed by atoms with Crippen molar-refractivity contribution >= 4 is 12.2 Å². The first-order valence-electron chi connectivity index (χ1n) is 10.7. The molecule has 4 heteroatoms. The first kappa shape index (κ1) is 21.4. The number of amides is 1. The van der Waals surface area contributed by atoms with E-state index < -0.39 is 5.60 Å². The number of nitrogens with one attached hydrogen (secondary N) is 1. The van der Waals surface area contributed by atoms with Crippen molar-refractivity contribution in [3.8, 4) is 0 Å². The summed E-state index contributed by atoms with van der Waals surface area (Å²) < 4.78 is 5.36. The number of ether oxygens (including phenoxy) is 1. The van der Waals surface area contributed by atoms with E-state index in [0.29, 0.717) is 0 Å². The van der Waals surface area contributed by atoms with Crippen molar-refractivity contribution < 1.29 is 9.53 Å². The van der Waals surface area contributed by atoms with Gasteiger partial charge in [-0.25, -0.2) is 4.79 Å². The highest BCUT2D eigenvalue weighted by atomic mass is 16.6. The fourth-order valence-electron chi connectivity index (χ4n) is 3.65. The molecule has 1 aliphatic carbocycles. The van der Waals surface area contributed by atoms with Crippen molar-refractivity contribution in [2.45, 2.75) is 64.6 Å². The van der Waals surface area contributed by atoms with Crippen LogP contribution in [0.1, 0.15) is 57.6 Å². The number of nitrogens with zero attached hydrogens (tertiary/aromatic N) is 1. The number of hydrogen-bond acceptors (Lipinski definition) is 3. The highest BCUT2D eigenvalue weighted by Crippen LogP contribution is 2.17. The predicted octanol–water partition coefficient (Wildman–Crippen LogP) is 5.47. The molecule has 1 saturated heterocycles. The first-order valence-corrected chi connectivity index (χ1v) is 10.7. The van der Waals surface area contributed by atoms with E-state index in [-0.39, 0.29) is 12.1 Å². The fourth-order valence-corrected chi connectivity index (χ4v) is 3.65. The molecule has 4 nitrogen and oxygen atoms in total. The lowest BCUT2D eigenvalue weighted by atomic mass is 10.0. The summed E-state index contributed by atoms with van der Waals surface area (Å²) in [5, 5.41) is 3.00. The Morgan fingerprint density at radius 3 is 2.48 bits per heavy atom. The number of benzene rings is 1. The molecule has 2 aliphatic rings. The smallest absolute Gasteiger partial charge is 0.407 e. The minimum absolute atomic E-state index is 0.205. The Morgan fingerprint density at radius 1 is 1.14 bits per heavy atom. The molecule has 0 saturated carbocycles. The van der Waals surface area contributed by atoms with E-state index in [4.69, 9.17) is 4.74 Å². The van der Waals surface area contributed by atoms with Gasteiger partial charge in [-0.05, 0) is 63.2 Å². The minimum Gasteiger partial charge on any atom is -0.444 e. The van der Waals surface area contributed by atoms with Crippen LogP contribution in [0.15, 0.2) is 54.1 Å². The maximum Gasteiger partial charge on any atom is 0.407 e. The van der Waals surface area contributed by atoms with Crippen molar-refractivity contribution in [1.29, 1.82) is 0 Å². The molecule has 29 heavy (non-hydrogen) atoms. The number of carbonyl (C=O) groups is 1. The van der Waals surface area contributed by atoms with E-state index in [9.17, 15) is 4.79 Å². The van der Waals surface area contributed by atoms with Gasteiger partial charge < -0.3 is 10.1 Å². The van der Waals surface area contributed by atoms with Gasteiger partial charge in [0.2, 0.25) is 0 Å². The van der Waals surface area contributed by atoms with Crippen molar-refractivity contribution in [2.24, 2.45) is 0 Å². The lowest BCUT2D eigenvalue weighted by Crippen LogP contribution is -2.45. The zero-order valence-corrected chi connectivity index (χ0v) is 18.0. The van der Waals surface area contributed by atoms with Gasteiger partial charge in [0.15, 0.2) is 0 Å². The molecule has 0 unspecified atom stereocenters. The van der Waals surface area contributed by atoms with E-state index in [2.05, 4.69) is 64.9 Å². The summed E-state index contributed by atoms with van der Waals surface area (Å²) in [4.78, 5) is 14.4. The van der Waals surface area contributed by atoms with Crippen LogP contribution in [0.4, 0.5) is 4.79 Å². The van der Waals surface area contributed by atoms with Crippen LogP contribution in [0.5, 0.6) is 0 Å². The highest BCUT2D eigenvalue weighted by molar-refractivity contribution is 5.68. The van der Waals surface area contributed by atoms with Gasteiger partial charge in [0.1, 0.15) is 5.60 Å². The molecule has 1 N–H and O–H groups in total. The number of likely N-dealkylation sites (tertiary alicyclic amines) is 1. The van der Waals surface area contributed by atoms with Crippen LogP contribution in [0.25, 0.3) is 6.08 Å². The van der Waals surface area contributed by atoms with E-state index in [1.54, 1.807) is 0 Å². The number of piperidine rings is 1. The average molecular weight is 395 g/mol. The van der Waals surface area contributed by atoms with Crippen LogP contribution in [0, 0.1) is 0 Å². The van der Waals surface area contributed by atoms with Crippen LogP contribution >= 0.6 is 0 Å². The summed E-state index contributed by atoms with van der Waals surface area (Å²) in [7, 11) is 0. The van der Waals surface area contributed by atoms with E-state index in [0.717, 1.165) is 45.3 Å². The molecule has 1 fully saturated rings. The standard InChI is InChI=1S/C25H34N2O2/c1-25(2,3)29-24(28)26-23-15-17-27(18-16-23)19-22-13-11-21(12-14-22)10-9-20-7-5-4-6-8-20/h5,7-14,23H,4,6,15-19H2,1-3H3,(H,26,28)/b10-9+. The van der Waals surface area contributed by atoms with E-state index >= 15 is 0 Å². The Morgan fingerprint density at radius 2 is 1.86 bits per heavy atom. The Balaban J connectivity index is 1.42. The lowest BCUT2D eigenvalue weighted by molar-refractivity contribution is 0.0477. The van der Waals surface area contributed by atoms with E-state index in [1.807, 2.05) is 20.8 Å². The topological polar surface area (TPSA) is 41.6 Å². The van der Waals surface area contributed by atoms with Crippen LogP contribution in [-0.4, -0.2) is 35.7 Å². The summed E-state index contributed by atoms with van der Waals surface area (Å²) in [6, 6.07) is 9.02. The summed E-state index contributed by atoms with van der Waals surface area (Å²) in [6.45, 7) is 8.60. The van der Waals surface area contributed by atoms with Crippen LogP contribution < -0.4 is 5.32 Å². The largest absolute Gasteiger partial charge is 0.444 e. The SMILES string of the molecule is CC(C)(C)OC(=O)NC1CCN(Cc2ccc(/C=C/C3=CCCC=C3)cc2)CC1. The van der Waals surface area contributed by atoms with Gasteiger partial charge >= 0.3 is 6.09 Å². The molecule has 1 amide bonds. The number of allylic oxidation sites excluding steroid dienone is 5. The van der Waals surface area contributed by atoms with Crippen molar-refractivity contribution in [2.75, 3.05) is 13.1 Å². The third kappa shape index (κ3) is 7.54. The predicted molar refractivity (Wildman–Crippen MR) is 120 cm³/mol. The van der Waals surface area contributed by atoms with Gasteiger partial charge in [-0.1, -0.05) is 54.6 Å². The van der Waals surface area contributed by atoms with Gasteiger partial charge in [-0.2, -0.15) is 0 Å². The molecule has 0 spiro atoms. The minimum atomic E-state index is -0.448. The van der Waals surface area contributed by atoms with Gasteiger partial charge in [0.05, 0.1) is 0 Å². The van der Waals surface area contributed by atoms with Crippen molar-refractivity contribution in [1.82, 2.24) is 10.2 Å². The van der Waals surface area contributed by atoms with Gasteiger partial charge in [-0.3, -0.25) is 4.90 Å². The average Bonchev–Trinajstić information content (AvgIpc) is 2.68. The third-order valence-electron chi connectivity index (χ3n) is 5.19. The van der Waals surface area contributed by atoms with Crippen molar-refractivity contribution in [3.05, 3.63) is 65.3 Å². The van der Waals surface area contributed by atoms with Crippen LogP contribution in [-0.2, 0) is 11.3 Å². The zero-order chi connectivity index (χ0) is 20.7. The second-order valence-electron chi connectivity index (χ2n) is 8.96. The maximum atomic E-state index is 11.9. The molecule has 1 aliphatic heterocycles. The number of carbonyl (C=O) groups excluding carboxylic acids is 1. The monoisotopic (exact) mass is 394 g/mol. The Kier molecular flexibility index (Phi) is 7.32. The molecule has 0 atom stereocenters. The number of alkyl carbamates (subject to hydrolysis) is 1. The normalized spacial score (nSPS) is 18.7. The summed E-state index contributed by atoms with van der Waals surface area (Å²) in [6.07, 6.45) is 15.0. The molecule has 1 heterocycles. The number of rotatable bonds is 5. The Labute approximate surface area is 175 Å². The second-order valence-corrected chi connectivity index (χ2v) is 8.96. The van der Waals surface area contributed by atoms with Gasteiger partial charge in [0.25, 0.3) is 0 Å². The zero-order valence-electron chi connectivity index (χ0n) is 18.0. The number of hydrogen-bond donors (Lipinski definition) is 1. The van der Waals surface area contributed by atoms with Gasteiger partial charge in [0, 0.05) is 25.7 Å². The van der Waals surface area contributed by atoms with Crippen LogP contribution in [0.2, 0.25) is 0 Å². The maximum absolute atomic E-state index is 11.9. The van der Waals surface area contributed by atoms with E-state index in [1.165, 1.54) is 16.7 Å². The van der Waals surface area contributed by atoms with Crippen molar-refractivity contribution in [3.63, 3.8) is 0 Å². The second kappa shape index (κ2) is 9.93.